The summed E-state index contributed by atoms with van der Waals surface area (Å²) in [6, 6.07) is 9.85. The van der Waals surface area contributed by atoms with Crippen LogP contribution in [0.5, 0.6) is 5.75 Å². The minimum Gasteiger partial charge on any atom is -0.491 e. The maximum atomic E-state index is 14.0. The van der Waals surface area contributed by atoms with E-state index in [1.165, 1.54) is 34.6 Å². The van der Waals surface area contributed by atoms with Crippen molar-refractivity contribution in [1.29, 1.82) is 0 Å². The van der Waals surface area contributed by atoms with Gasteiger partial charge in [-0.3, -0.25) is 9.48 Å². The predicted molar refractivity (Wildman–Crippen MR) is 125 cm³/mol. The number of fused-ring (bicyclic) bond motifs is 1. The van der Waals surface area contributed by atoms with Crippen LogP contribution in [0.3, 0.4) is 0 Å². The van der Waals surface area contributed by atoms with Crippen molar-refractivity contribution in [3.05, 3.63) is 54.0 Å². The highest BCUT2D eigenvalue weighted by Crippen LogP contribution is 2.36. The lowest BCUT2D eigenvalue weighted by Gasteiger charge is -2.23. The van der Waals surface area contributed by atoms with Gasteiger partial charge in [0.1, 0.15) is 11.6 Å². The highest BCUT2D eigenvalue weighted by molar-refractivity contribution is 7.89. The average molecular weight is 490 g/mol. The van der Waals surface area contributed by atoms with Gasteiger partial charge in [-0.1, -0.05) is 6.92 Å². The minimum absolute atomic E-state index is 0.0222. The number of rotatable bonds is 8. The van der Waals surface area contributed by atoms with Crippen molar-refractivity contribution in [3.63, 3.8) is 0 Å². The Bertz CT molecular complexity index is 1300. The van der Waals surface area contributed by atoms with E-state index in [9.17, 15) is 22.7 Å². The van der Waals surface area contributed by atoms with Crippen molar-refractivity contribution in [1.82, 2.24) is 14.1 Å². The van der Waals surface area contributed by atoms with E-state index in [0.29, 0.717) is 35.2 Å². The van der Waals surface area contributed by atoms with E-state index in [-0.39, 0.29) is 36.0 Å². The van der Waals surface area contributed by atoms with Gasteiger partial charge in [0.05, 0.1) is 34.7 Å². The molecule has 3 aromatic rings. The summed E-state index contributed by atoms with van der Waals surface area (Å²) in [5.74, 6) is -0.909. The molecule has 182 valence electrons. The number of nitrogens with zero attached hydrogens (tertiary/aromatic N) is 3. The average Bonchev–Trinajstić information content (AvgIpc) is 3.35. The van der Waals surface area contributed by atoms with Gasteiger partial charge in [0.25, 0.3) is 0 Å². The summed E-state index contributed by atoms with van der Waals surface area (Å²) < 4.78 is 49.7. The van der Waals surface area contributed by atoms with E-state index < -0.39 is 21.8 Å². The van der Waals surface area contributed by atoms with Crippen LogP contribution in [0.4, 0.5) is 4.39 Å². The third-order valence-electron chi connectivity index (χ3n) is 6.03. The lowest BCUT2D eigenvalue weighted by atomic mass is 10.1. The first kappa shape index (κ1) is 24.2. The van der Waals surface area contributed by atoms with Gasteiger partial charge in [-0.25, -0.2) is 12.8 Å². The molecule has 1 aliphatic heterocycles. The Kier molecular flexibility index (Phi) is 6.64. The molecular weight excluding hydrogens is 461 g/mol. The van der Waals surface area contributed by atoms with Crippen molar-refractivity contribution in [3.8, 4) is 5.75 Å². The van der Waals surface area contributed by atoms with Crippen LogP contribution in [0.1, 0.15) is 45.3 Å². The molecule has 0 amide bonds. The highest BCUT2D eigenvalue weighted by Gasteiger charge is 2.41. The summed E-state index contributed by atoms with van der Waals surface area (Å²) in [6.45, 7) is 5.87. The molecule has 4 rings (SSSR count). The van der Waals surface area contributed by atoms with E-state index in [1.54, 1.807) is 16.8 Å². The first-order valence-corrected chi connectivity index (χ1v) is 12.7. The molecule has 0 aliphatic carbocycles. The van der Waals surface area contributed by atoms with Crippen LogP contribution in [0.2, 0.25) is 0 Å². The molecule has 1 aromatic heterocycles. The molecule has 0 unspecified atom stereocenters. The van der Waals surface area contributed by atoms with Gasteiger partial charge in [0, 0.05) is 18.0 Å². The van der Waals surface area contributed by atoms with E-state index in [1.807, 2.05) is 20.8 Å². The largest absolute Gasteiger partial charge is 0.491 e. The smallest absolute Gasteiger partial charge is 0.309 e. The summed E-state index contributed by atoms with van der Waals surface area (Å²) in [5, 5.41) is 14.3. The number of carboxylic acids is 1. The number of carbonyl (C=O) groups is 1. The van der Waals surface area contributed by atoms with Gasteiger partial charge < -0.3 is 9.84 Å². The van der Waals surface area contributed by atoms with Crippen molar-refractivity contribution in [2.24, 2.45) is 0 Å². The quantitative estimate of drug-likeness (QED) is 0.513. The fourth-order valence-electron chi connectivity index (χ4n) is 4.53. The van der Waals surface area contributed by atoms with Crippen molar-refractivity contribution in [2.75, 3.05) is 6.54 Å². The molecule has 0 radical (unpaired) electrons. The molecule has 2 atom stereocenters. The molecule has 1 saturated heterocycles. The number of benzene rings is 2. The molecule has 0 spiro atoms. The molecule has 1 aliphatic rings. The molecule has 2 heterocycles. The van der Waals surface area contributed by atoms with Crippen molar-refractivity contribution in [2.45, 2.75) is 63.1 Å². The highest BCUT2D eigenvalue weighted by atomic mass is 32.2. The lowest BCUT2D eigenvalue weighted by molar-refractivity contribution is -0.136. The van der Waals surface area contributed by atoms with E-state index in [0.717, 1.165) is 0 Å². The molecular formula is C24H28FN3O5S. The van der Waals surface area contributed by atoms with Gasteiger partial charge >= 0.3 is 5.97 Å². The van der Waals surface area contributed by atoms with Gasteiger partial charge in [0.2, 0.25) is 10.0 Å². The number of sulfonamides is 1. The number of ether oxygens (including phenoxy) is 1. The molecule has 0 bridgehead atoms. The number of hydrogen-bond donors (Lipinski definition) is 1. The standard InChI is InChI=1S/C24H28FN3O5S/c1-4-17-12-18(28-23-11-16(25)5-10-21(23)22(26-28)13-24(29)30)14-27(17)34(31,32)20-8-6-19(7-9-20)33-15(2)3/h5-11,15,17-18H,4,12-14H2,1-3H3,(H,29,30)/t17-,18+/m0/s1. The third kappa shape index (κ3) is 4.65. The van der Waals surface area contributed by atoms with Crippen LogP contribution in [0.15, 0.2) is 47.4 Å². The second kappa shape index (κ2) is 9.34. The first-order chi connectivity index (χ1) is 16.1. The molecule has 34 heavy (non-hydrogen) atoms. The normalized spacial score (nSPS) is 19.2. The zero-order valence-electron chi connectivity index (χ0n) is 19.3. The monoisotopic (exact) mass is 489 g/mol. The SMILES string of the molecule is CC[C@H]1C[C@@H](n2nc(CC(=O)O)c3ccc(F)cc32)CN1S(=O)(=O)c1ccc(OC(C)C)cc1. The van der Waals surface area contributed by atoms with Gasteiger partial charge in [-0.2, -0.15) is 9.40 Å². The van der Waals surface area contributed by atoms with Crippen LogP contribution in [-0.4, -0.2) is 52.3 Å². The van der Waals surface area contributed by atoms with Crippen LogP contribution in [0.25, 0.3) is 10.9 Å². The number of aliphatic carboxylic acids is 1. The number of carboxylic acid groups (broad SMARTS) is 1. The minimum atomic E-state index is -3.79. The fraction of sp³-hybridized carbons (Fsp3) is 0.417. The third-order valence-corrected chi connectivity index (χ3v) is 7.96. The Morgan fingerprint density at radius 3 is 2.56 bits per heavy atom. The Morgan fingerprint density at radius 2 is 1.94 bits per heavy atom. The van der Waals surface area contributed by atoms with Crippen molar-refractivity contribution < 1.29 is 27.4 Å². The Labute approximate surface area is 198 Å². The molecule has 10 heteroatoms. The summed E-state index contributed by atoms with van der Waals surface area (Å²) in [5.41, 5.74) is 0.795. The summed E-state index contributed by atoms with van der Waals surface area (Å²) in [4.78, 5) is 11.5. The van der Waals surface area contributed by atoms with E-state index >= 15 is 0 Å². The maximum absolute atomic E-state index is 14.0. The summed E-state index contributed by atoms with van der Waals surface area (Å²) in [7, 11) is -3.79. The molecule has 8 nitrogen and oxygen atoms in total. The summed E-state index contributed by atoms with van der Waals surface area (Å²) >= 11 is 0. The Morgan fingerprint density at radius 1 is 1.24 bits per heavy atom. The zero-order chi connectivity index (χ0) is 24.6. The second-order valence-electron chi connectivity index (χ2n) is 8.79. The Balaban J connectivity index is 1.67. The molecule has 2 aromatic carbocycles. The lowest BCUT2D eigenvalue weighted by Crippen LogP contribution is -2.35. The van der Waals surface area contributed by atoms with Crippen molar-refractivity contribution >= 4 is 26.9 Å². The van der Waals surface area contributed by atoms with Gasteiger partial charge in [-0.05, 0) is 69.2 Å². The number of aromatic nitrogens is 2. The van der Waals surface area contributed by atoms with Gasteiger partial charge in [0.15, 0.2) is 0 Å². The zero-order valence-corrected chi connectivity index (χ0v) is 20.1. The first-order valence-electron chi connectivity index (χ1n) is 11.3. The number of hydrogen-bond acceptors (Lipinski definition) is 5. The molecule has 0 saturated carbocycles. The Hall–Kier alpha value is -2.98. The van der Waals surface area contributed by atoms with E-state index in [4.69, 9.17) is 4.74 Å². The van der Waals surface area contributed by atoms with Crippen LogP contribution in [0, 0.1) is 5.82 Å². The number of halogens is 1. The topological polar surface area (TPSA) is 102 Å². The van der Waals surface area contributed by atoms with Crippen LogP contribution in [-0.2, 0) is 21.2 Å². The van der Waals surface area contributed by atoms with Crippen LogP contribution < -0.4 is 4.74 Å². The summed E-state index contributed by atoms with van der Waals surface area (Å²) in [6.07, 6.45) is 0.765. The second-order valence-corrected chi connectivity index (χ2v) is 10.7. The van der Waals surface area contributed by atoms with Gasteiger partial charge in [-0.15, -0.1) is 0 Å². The molecule has 1 fully saturated rings. The maximum Gasteiger partial charge on any atom is 0.309 e. The predicted octanol–water partition coefficient (Wildman–Crippen LogP) is 4.00. The van der Waals surface area contributed by atoms with Crippen LogP contribution >= 0.6 is 0 Å². The van der Waals surface area contributed by atoms with E-state index in [2.05, 4.69) is 5.10 Å². The fourth-order valence-corrected chi connectivity index (χ4v) is 6.28. The molecule has 1 N–H and O–H groups in total.